The second-order valence-corrected chi connectivity index (χ2v) is 6.46. The Morgan fingerprint density at radius 1 is 1.39 bits per heavy atom. The van der Waals surface area contributed by atoms with E-state index in [1.165, 1.54) is 47.4 Å². The van der Waals surface area contributed by atoms with E-state index in [0.717, 1.165) is 13.0 Å². The second kappa shape index (κ2) is 5.41. The van der Waals surface area contributed by atoms with Crippen molar-refractivity contribution in [3.8, 4) is 0 Å². The molecule has 1 aromatic heterocycles. The number of aryl methyl sites for hydroxylation is 2. The molecule has 1 aliphatic heterocycles. The second-order valence-electron chi connectivity index (χ2n) is 5.23. The Bertz CT molecular complexity index is 414. The van der Waals surface area contributed by atoms with Crippen molar-refractivity contribution in [2.24, 2.45) is 0 Å². The minimum atomic E-state index is 0.0329. The number of nitrogens with one attached hydrogen (secondary N) is 2. The zero-order valence-corrected chi connectivity index (χ0v) is 11.4. The van der Waals surface area contributed by atoms with E-state index in [2.05, 4.69) is 16.7 Å². The summed E-state index contributed by atoms with van der Waals surface area (Å²) >= 11 is 1.88. The highest BCUT2D eigenvalue weighted by Crippen LogP contribution is 2.30. The van der Waals surface area contributed by atoms with Crippen molar-refractivity contribution in [2.75, 3.05) is 6.54 Å². The SMILES string of the molecule is O=C(NCc1cc2c(s1)CCC2)[C@@H]1CCCCN1. The maximum Gasteiger partial charge on any atom is 0.237 e. The largest absolute Gasteiger partial charge is 0.350 e. The molecule has 0 unspecified atom stereocenters. The van der Waals surface area contributed by atoms with Crippen LogP contribution in [0.25, 0.3) is 0 Å². The van der Waals surface area contributed by atoms with Crippen molar-refractivity contribution < 1.29 is 4.79 Å². The fraction of sp³-hybridized carbons (Fsp3) is 0.643. The lowest BCUT2D eigenvalue weighted by Gasteiger charge is -2.22. The molecule has 1 fully saturated rings. The summed E-state index contributed by atoms with van der Waals surface area (Å²) in [5.41, 5.74) is 1.51. The Labute approximate surface area is 112 Å². The monoisotopic (exact) mass is 264 g/mol. The Kier molecular flexibility index (Phi) is 3.66. The van der Waals surface area contributed by atoms with E-state index >= 15 is 0 Å². The van der Waals surface area contributed by atoms with Crippen molar-refractivity contribution in [1.82, 2.24) is 10.6 Å². The van der Waals surface area contributed by atoms with Crippen LogP contribution in [0.4, 0.5) is 0 Å². The van der Waals surface area contributed by atoms with Crippen LogP contribution in [0.15, 0.2) is 6.07 Å². The molecule has 0 radical (unpaired) electrons. The van der Waals surface area contributed by atoms with Gasteiger partial charge in [-0.05, 0) is 50.3 Å². The van der Waals surface area contributed by atoms with Crippen molar-refractivity contribution in [3.63, 3.8) is 0 Å². The third-order valence-corrected chi connectivity index (χ3v) is 5.10. The predicted octanol–water partition coefficient (Wildman–Crippen LogP) is 2.00. The summed E-state index contributed by atoms with van der Waals surface area (Å²) in [6, 6.07) is 2.31. The van der Waals surface area contributed by atoms with Gasteiger partial charge in [-0.3, -0.25) is 4.79 Å². The summed E-state index contributed by atoms with van der Waals surface area (Å²) in [6.45, 7) is 1.68. The molecule has 0 bridgehead atoms. The highest BCUT2D eigenvalue weighted by molar-refractivity contribution is 7.12. The van der Waals surface area contributed by atoms with E-state index in [1.807, 2.05) is 11.3 Å². The van der Waals surface area contributed by atoms with Crippen LogP contribution in [0.1, 0.15) is 41.0 Å². The third kappa shape index (κ3) is 2.59. The molecule has 1 amide bonds. The molecule has 0 spiro atoms. The van der Waals surface area contributed by atoms with E-state index in [4.69, 9.17) is 0 Å². The Balaban J connectivity index is 1.52. The van der Waals surface area contributed by atoms with Crippen LogP contribution in [0.3, 0.4) is 0 Å². The van der Waals surface area contributed by atoms with Crippen LogP contribution in [0.5, 0.6) is 0 Å². The first-order valence-corrected chi connectivity index (χ1v) is 7.76. The lowest BCUT2D eigenvalue weighted by atomic mass is 10.0. The average molecular weight is 264 g/mol. The summed E-state index contributed by atoms with van der Waals surface area (Å²) in [6.07, 6.45) is 7.11. The molecule has 0 aromatic carbocycles. The summed E-state index contributed by atoms with van der Waals surface area (Å²) in [5.74, 6) is 0.170. The minimum Gasteiger partial charge on any atom is -0.350 e. The van der Waals surface area contributed by atoms with Crippen molar-refractivity contribution >= 4 is 17.2 Å². The maximum absolute atomic E-state index is 12.0. The number of carbonyl (C=O) groups is 1. The van der Waals surface area contributed by atoms with E-state index in [0.29, 0.717) is 6.54 Å². The van der Waals surface area contributed by atoms with Gasteiger partial charge in [0.05, 0.1) is 12.6 Å². The topological polar surface area (TPSA) is 41.1 Å². The molecule has 18 heavy (non-hydrogen) atoms. The summed E-state index contributed by atoms with van der Waals surface area (Å²) < 4.78 is 0. The van der Waals surface area contributed by atoms with Gasteiger partial charge in [-0.2, -0.15) is 0 Å². The molecule has 1 saturated heterocycles. The first-order chi connectivity index (χ1) is 8.83. The molecule has 4 heteroatoms. The maximum atomic E-state index is 12.0. The quantitative estimate of drug-likeness (QED) is 0.876. The molecule has 3 rings (SSSR count). The summed E-state index contributed by atoms with van der Waals surface area (Å²) in [4.78, 5) is 14.8. The lowest BCUT2D eigenvalue weighted by Crippen LogP contribution is -2.46. The van der Waals surface area contributed by atoms with E-state index in [1.54, 1.807) is 0 Å². The van der Waals surface area contributed by atoms with Crippen molar-refractivity contribution in [3.05, 3.63) is 21.4 Å². The fourth-order valence-electron chi connectivity index (χ4n) is 2.85. The Hall–Kier alpha value is -0.870. The van der Waals surface area contributed by atoms with Crippen LogP contribution in [0, 0.1) is 0 Å². The van der Waals surface area contributed by atoms with Gasteiger partial charge in [0.15, 0.2) is 0 Å². The minimum absolute atomic E-state index is 0.0329. The van der Waals surface area contributed by atoms with E-state index in [9.17, 15) is 4.79 Å². The number of fused-ring (bicyclic) bond motifs is 1. The van der Waals surface area contributed by atoms with Crippen LogP contribution in [-0.4, -0.2) is 18.5 Å². The van der Waals surface area contributed by atoms with Crippen molar-refractivity contribution in [2.45, 2.75) is 51.1 Å². The molecule has 2 N–H and O–H groups in total. The van der Waals surface area contributed by atoms with Gasteiger partial charge in [-0.15, -0.1) is 11.3 Å². The standard InChI is InChI=1S/C14H20N2OS/c17-14(12-5-1-2-7-15-12)16-9-11-8-10-4-3-6-13(10)18-11/h8,12,15H,1-7,9H2,(H,16,17)/t12-/m0/s1. The van der Waals surface area contributed by atoms with Gasteiger partial charge < -0.3 is 10.6 Å². The van der Waals surface area contributed by atoms with Gasteiger partial charge in [0.25, 0.3) is 0 Å². The third-order valence-electron chi connectivity index (χ3n) is 3.86. The molecular weight excluding hydrogens is 244 g/mol. The normalized spacial score (nSPS) is 22.8. The first kappa shape index (κ1) is 12.2. The highest BCUT2D eigenvalue weighted by Gasteiger charge is 2.20. The lowest BCUT2D eigenvalue weighted by molar-refractivity contribution is -0.123. The van der Waals surface area contributed by atoms with Crippen LogP contribution in [-0.2, 0) is 24.2 Å². The van der Waals surface area contributed by atoms with Gasteiger partial charge >= 0.3 is 0 Å². The molecule has 3 nitrogen and oxygen atoms in total. The number of hydrogen-bond acceptors (Lipinski definition) is 3. The Morgan fingerprint density at radius 3 is 3.11 bits per heavy atom. The summed E-state index contributed by atoms with van der Waals surface area (Å²) in [5, 5.41) is 6.35. The van der Waals surface area contributed by atoms with Gasteiger partial charge in [-0.25, -0.2) is 0 Å². The number of rotatable bonds is 3. The smallest absolute Gasteiger partial charge is 0.237 e. The number of amides is 1. The molecule has 2 aliphatic rings. The van der Waals surface area contributed by atoms with Crippen LogP contribution >= 0.6 is 11.3 Å². The number of thiophene rings is 1. The van der Waals surface area contributed by atoms with Gasteiger partial charge in [-0.1, -0.05) is 6.42 Å². The molecule has 1 aliphatic carbocycles. The molecule has 98 valence electrons. The van der Waals surface area contributed by atoms with E-state index < -0.39 is 0 Å². The van der Waals surface area contributed by atoms with Crippen molar-refractivity contribution in [1.29, 1.82) is 0 Å². The average Bonchev–Trinajstić information content (AvgIpc) is 2.97. The number of piperidine rings is 1. The molecule has 2 heterocycles. The number of hydrogen-bond donors (Lipinski definition) is 2. The number of carbonyl (C=O) groups excluding carboxylic acids is 1. The molecule has 0 saturated carbocycles. The van der Waals surface area contributed by atoms with Gasteiger partial charge in [0.1, 0.15) is 0 Å². The first-order valence-electron chi connectivity index (χ1n) is 6.94. The Morgan fingerprint density at radius 2 is 2.33 bits per heavy atom. The highest BCUT2D eigenvalue weighted by atomic mass is 32.1. The molecular formula is C14H20N2OS. The zero-order valence-electron chi connectivity index (χ0n) is 10.6. The van der Waals surface area contributed by atoms with Gasteiger partial charge in [0, 0.05) is 9.75 Å². The van der Waals surface area contributed by atoms with Crippen LogP contribution in [0.2, 0.25) is 0 Å². The van der Waals surface area contributed by atoms with Gasteiger partial charge in [0.2, 0.25) is 5.91 Å². The fourth-order valence-corrected chi connectivity index (χ4v) is 4.05. The molecule has 1 aromatic rings. The van der Waals surface area contributed by atoms with Crippen LogP contribution < -0.4 is 10.6 Å². The zero-order chi connectivity index (χ0) is 12.4. The molecule has 1 atom stereocenters. The summed E-state index contributed by atoms with van der Waals surface area (Å²) in [7, 11) is 0. The van der Waals surface area contributed by atoms with E-state index in [-0.39, 0.29) is 11.9 Å². The predicted molar refractivity (Wildman–Crippen MR) is 73.8 cm³/mol.